The minimum absolute atomic E-state index is 0.224. The number of aryl methyl sites for hydroxylation is 1. The van der Waals surface area contributed by atoms with E-state index in [1.165, 1.54) is 12.1 Å². The molecule has 3 N–H and O–H groups in total. The molecule has 0 fully saturated rings. The van der Waals surface area contributed by atoms with Gasteiger partial charge in [0.15, 0.2) is 0 Å². The van der Waals surface area contributed by atoms with E-state index in [9.17, 15) is 4.39 Å². The highest BCUT2D eigenvalue weighted by molar-refractivity contribution is 6.00. The smallest absolute Gasteiger partial charge is 0.123 e. The first-order chi connectivity index (χ1) is 10.1. The number of halogens is 1. The number of benzene rings is 2. The van der Waals surface area contributed by atoms with Crippen LogP contribution in [0.25, 0.3) is 10.8 Å². The van der Waals surface area contributed by atoms with Gasteiger partial charge < -0.3 is 11.1 Å². The molecule has 0 atom stereocenters. The first-order valence-corrected chi connectivity index (χ1v) is 6.76. The molecule has 0 bridgehead atoms. The second kappa shape index (κ2) is 5.40. The maximum Gasteiger partial charge on any atom is 0.123 e. The molecular weight excluding hydrogens is 265 g/mol. The number of nitrogen functional groups attached to an aromatic ring is 1. The van der Waals surface area contributed by atoms with Crippen molar-refractivity contribution in [2.75, 3.05) is 11.1 Å². The zero-order valence-corrected chi connectivity index (χ0v) is 11.7. The van der Waals surface area contributed by atoms with Gasteiger partial charge in [0.05, 0.1) is 0 Å². The quantitative estimate of drug-likeness (QED) is 0.716. The van der Waals surface area contributed by atoms with Gasteiger partial charge in [0, 0.05) is 40.6 Å². The Morgan fingerprint density at radius 1 is 1.10 bits per heavy atom. The summed E-state index contributed by atoms with van der Waals surface area (Å²) in [4.78, 5) is 4.29. The van der Waals surface area contributed by atoms with Crippen molar-refractivity contribution in [3.8, 4) is 0 Å². The van der Waals surface area contributed by atoms with E-state index in [2.05, 4.69) is 10.3 Å². The van der Waals surface area contributed by atoms with Crippen molar-refractivity contribution in [2.45, 2.75) is 13.5 Å². The third-order valence-electron chi connectivity index (χ3n) is 3.47. The molecular formula is C17H16FN3. The molecule has 3 rings (SSSR count). The van der Waals surface area contributed by atoms with Crippen LogP contribution < -0.4 is 11.1 Å². The number of pyridine rings is 1. The normalized spacial score (nSPS) is 10.8. The van der Waals surface area contributed by atoms with E-state index in [-0.39, 0.29) is 5.82 Å². The lowest BCUT2D eigenvalue weighted by atomic mass is 10.1. The number of nitrogens with one attached hydrogen (secondary N) is 1. The zero-order valence-electron chi connectivity index (χ0n) is 11.7. The highest BCUT2D eigenvalue weighted by atomic mass is 19.1. The van der Waals surface area contributed by atoms with Crippen LogP contribution in [0.15, 0.2) is 48.7 Å². The highest BCUT2D eigenvalue weighted by Crippen LogP contribution is 2.28. The lowest BCUT2D eigenvalue weighted by Crippen LogP contribution is -2.01. The fourth-order valence-corrected chi connectivity index (χ4v) is 2.32. The van der Waals surface area contributed by atoms with Crippen molar-refractivity contribution in [1.82, 2.24) is 4.98 Å². The minimum Gasteiger partial charge on any atom is -0.398 e. The molecule has 0 unspecified atom stereocenters. The summed E-state index contributed by atoms with van der Waals surface area (Å²) in [7, 11) is 0. The zero-order chi connectivity index (χ0) is 14.8. The molecule has 1 aromatic heterocycles. The summed E-state index contributed by atoms with van der Waals surface area (Å²) < 4.78 is 12.9. The number of nitrogens with zero attached hydrogens (tertiary/aromatic N) is 1. The maximum absolute atomic E-state index is 12.9. The molecule has 21 heavy (non-hydrogen) atoms. The molecule has 3 nitrogen and oxygen atoms in total. The number of aromatic nitrogens is 1. The fourth-order valence-electron chi connectivity index (χ4n) is 2.32. The SMILES string of the molecule is Cc1cc2c(NCc3ccc(F)cc3)ccc(N)c2cn1. The van der Waals surface area contributed by atoms with Crippen LogP contribution in [0.2, 0.25) is 0 Å². The predicted octanol–water partition coefficient (Wildman–Crippen LogP) is 3.88. The monoisotopic (exact) mass is 281 g/mol. The van der Waals surface area contributed by atoms with Crippen molar-refractivity contribution >= 4 is 22.1 Å². The molecule has 0 aliphatic rings. The first-order valence-electron chi connectivity index (χ1n) is 6.76. The van der Waals surface area contributed by atoms with Crippen LogP contribution in [-0.4, -0.2) is 4.98 Å². The third-order valence-corrected chi connectivity index (χ3v) is 3.47. The average molecular weight is 281 g/mol. The van der Waals surface area contributed by atoms with Crippen LogP contribution >= 0.6 is 0 Å². The van der Waals surface area contributed by atoms with Crippen molar-refractivity contribution in [1.29, 1.82) is 0 Å². The topological polar surface area (TPSA) is 50.9 Å². The maximum atomic E-state index is 12.9. The third kappa shape index (κ3) is 2.79. The summed E-state index contributed by atoms with van der Waals surface area (Å²) in [5.74, 6) is -0.224. The minimum atomic E-state index is -0.224. The number of nitrogens with two attached hydrogens (primary N) is 1. The first kappa shape index (κ1) is 13.4. The summed E-state index contributed by atoms with van der Waals surface area (Å²) in [6.45, 7) is 2.58. The summed E-state index contributed by atoms with van der Waals surface area (Å²) in [5, 5.41) is 5.35. The predicted molar refractivity (Wildman–Crippen MR) is 84.6 cm³/mol. The molecule has 0 saturated carbocycles. The van der Waals surface area contributed by atoms with Gasteiger partial charge in [0.2, 0.25) is 0 Å². The number of fused-ring (bicyclic) bond motifs is 1. The number of anilines is 2. The van der Waals surface area contributed by atoms with E-state index in [0.717, 1.165) is 27.7 Å². The molecule has 106 valence electrons. The van der Waals surface area contributed by atoms with Crippen LogP contribution in [0.5, 0.6) is 0 Å². The molecule has 2 aromatic carbocycles. The van der Waals surface area contributed by atoms with Crippen LogP contribution in [-0.2, 0) is 6.54 Å². The summed E-state index contributed by atoms with van der Waals surface area (Å²) in [6, 6.07) is 12.3. The van der Waals surface area contributed by atoms with Gasteiger partial charge in [0.1, 0.15) is 5.82 Å². The van der Waals surface area contributed by atoms with Gasteiger partial charge in [-0.25, -0.2) is 4.39 Å². The lowest BCUT2D eigenvalue weighted by molar-refractivity contribution is 0.627. The Morgan fingerprint density at radius 2 is 1.86 bits per heavy atom. The van der Waals surface area contributed by atoms with Crippen molar-refractivity contribution in [3.05, 3.63) is 65.7 Å². The second-order valence-electron chi connectivity index (χ2n) is 5.05. The van der Waals surface area contributed by atoms with E-state index in [4.69, 9.17) is 5.73 Å². The Morgan fingerprint density at radius 3 is 2.62 bits per heavy atom. The van der Waals surface area contributed by atoms with Gasteiger partial charge in [-0.3, -0.25) is 4.98 Å². The van der Waals surface area contributed by atoms with Gasteiger partial charge in [0.25, 0.3) is 0 Å². The van der Waals surface area contributed by atoms with Crippen LogP contribution in [0.4, 0.5) is 15.8 Å². The molecule has 0 aliphatic heterocycles. The number of hydrogen-bond donors (Lipinski definition) is 2. The van der Waals surface area contributed by atoms with Gasteiger partial charge in [-0.15, -0.1) is 0 Å². The van der Waals surface area contributed by atoms with E-state index < -0.39 is 0 Å². The van der Waals surface area contributed by atoms with Gasteiger partial charge in [-0.1, -0.05) is 12.1 Å². The van der Waals surface area contributed by atoms with Crippen molar-refractivity contribution in [2.24, 2.45) is 0 Å². The summed E-state index contributed by atoms with van der Waals surface area (Å²) in [5.41, 5.74) is 9.66. The van der Waals surface area contributed by atoms with Crippen LogP contribution in [0.3, 0.4) is 0 Å². The van der Waals surface area contributed by atoms with Gasteiger partial charge >= 0.3 is 0 Å². The lowest BCUT2D eigenvalue weighted by Gasteiger charge is -2.12. The Balaban J connectivity index is 1.91. The molecule has 0 aliphatic carbocycles. The Labute approximate surface area is 122 Å². The second-order valence-corrected chi connectivity index (χ2v) is 5.05. The Kier molecular flexibility index (Phi) is 3.44. The molecule has 4 heteroatoms. The molecule has 3 aromatic rings. The van der Waals surface area contributed by atoms with E-state index >= 15 is 0 Å². The summed E-state index contributed by atoms with van der Waals surface area (Å²) in [6.07, 6.45) is 1.79. The van der Waals surface area contributed by atoms with Crippen molar-refractivity contribution < 1.29 is 4.39 Å². The molecule has 0 radical (unpaired) electrons. The van der Waals surface area contributed by atoms with Gasteiger partial charge in [-0.05, 0) is 42.8 Å². The largest absolute Gasteiger partial charge is 0.398 e. The van der Waals surface area contributed by atoms with Crippen LogP contribution in [0.1, 0.15) is 11.3 Å². The Hall–Kier alpha value is -2.62. The molecule has 0 saturated heterocycles. The van der Waals surface area contributed by atoms with Crippen LogP contribution in [0, 0.1) is 12.7 Å². The Bertz CT molecular complexity index is 782. The fraction of sp³-hybridized carbons (Fsp3) is 0.118. The van der Waals surface area contributed by atoms with Crippen molar-refractivity contribution in [3.63, 3.8) is 0 Å². The van der Waals surface area contributed by atoms with Gasteiger partial charge in [-0.2, -0.15) is 0 Å². The van der Waals surface area contributed by atoms with E-state index in [1.54, 1.807) is 18.3 Å². The highest BCUT2D eigenvalue weighted by Gasteiger charge is 2.05. The molecule has 1 heterocycles. The van der Waals surface area contributed by atoms with E-state index in [0.29, 0.717) is 12.2 Å². The molecule has 0 spiro atoms. The number of rotatable bonds is 3. The average Bonchev–Trinajstić information content (AvgIpc) is 2.48. The molecule has 0 amide bonds. The number of hydrogen-bond acceptors (Lipinski definition) is 3. The standard InChI is InChI=1S/C17H16FN3/c1-11-8-14-15(10-20-11)16(19)6-7-17(14)21-9-12-2-4-13(18)5-3-12/h2-8,10,21H,9,19H2,1H3. The van der Waals surface area contributed by atoms with E-state index in [1.807, 2.05) is 25.1 Å². The summed E-state index contributed by atoms with van der Waals surface area (Å²) >= 11 is 0.